The lowest BCUT2D eigenvalue weighted by Crippen LogP contribution is -2.43. The maximum Gasteiger partial charge on any atom is 0.332 e. The molecule has 4 heteroatoms. The zero-order chi connectivity index (χ0) is 13.7. The molecule has 1 heterocycles. The van der Waals surface area contributed by atoms with Gasteiger partial charge in [-0.05, 0) is 24.6 Å². The van der Waals surface area contributed by atoms with Crippen LogP contribution in [0.5, 0.6) is 0 Å². The van der Waals surface area contributed by atoms with Crippen LogP contribution in [0.1, 0.15) is 18.2 Å². The number of nitrogens with two attached hydrogens (primary N) is 1. The first kappa shape index (κ1) is 13.2. The molecule has 0 aliphatic rings. The molecular weight excluding hydrogens is 240 g/mol. The van der Waals surface area contributed by atoms with Gasteiger partial charge in [0.2, 0.25) is 0 Å². The molecule has 0 aliphatic carbocycles. The van der Waals surface area contributed by atoms with E-state index in [-0.39, 0.29) is 6.61 Å². The van der Waals surface area contributed by atoms with Crippen LogP contribution in [-0.4, -0.2) is 11.0 Å². The van der Waals surface area contributed by atoms with Crippen LogP contribution in [0.2, 0.25) is 0 Å². The van der Waals surface area contributed by atoms with E-state index in [1.807, 2.05) is 30.3 Å². The number of aromatic nitrogens is 1. The van der Waals surface area contributed by atoms with Gasteiger partial charge in [0.25, 0.3) is 0 Å². The zero-order valence-electron chi connectivity index (χ0n) is 10.7. The van der Waals surface area contributed by atoms with Gasteiger partial charge in [-0.3, -0.25) is 4.98 Å². The fourth-order valence-electron chi connectivity index (χ4n) is 1.65. The Hall–Kier alpha value is -2.20. The molecule has 0 fully saturated rings. The molecule has 0 radical (unpaired) electrons. The highest BCUT2D eigenvalue weighted by Crippen LogP contribution is 2.17. The maximum atomic E-state index is 12.1. The number of hydrogen-bond donors (Lipinski definition) is 1. The van der Waals surface area contributed by atoms with Crippen LogP contribution in [0.3, 0.4) is 0 Å². The maximum absolute atomic E-state index is 12.1. The van der Waals surface area contributed by atoms with Gasteiger partial charge in [-0.1, -0.05) is 36.4 Å². The lowest BCUT2D eigenvalue weighted by atomic mass is 9.99. The highest BCUT2D eigenvalue weighted by atomic mass is 16.5. The number of hydrogen-bond acceptors (Lipinski definition) is 4. The van der Waals surface area contributed by atoms with Crippen molar-refractivity contribution in [3.05, 3.63) is 66.0 Å². The van der Waals surface area contributed by atoms with Crippen LogP contribution in [0, 0.1) is 0 Å². The Morgan fingerprint density at radius 3 is 2.53 bits per heavy atom. The molecule has 2 aromatic rings. The van der Waals surface area contributed by atoms with Gasteiger partial charge >= 0.3 is 5.97 Å². The van der Waals surface area contributed by atoms with Crippen molar-refractivity contribution in [3.8, 4) is 0 Å². The van der Waals surface area contributed by atoms with E-state index < -0.39 is 11.5 Å². The zero-order valence-corrected chi connectivity index (χ0v) is 10.7. The summed E-state index contributed by atoms with van der Waals surface area (Å²) in [7, 11) is 0. The third-order valence-corrected chi connectivity index (χ3v) is 2.83. The van der Waals surface area contributed by atoms with E-state index in [1.54, 1.807) is 31.3 Å². The Morgan fingerprint density at radius 1 is 1.21 bits per heavy atom. The van der Waals surface area contributed by atoms with Crippen molar-refractivity contribution in [1.82, 2.24) is 4.98 Å². The number of benzene rings is 1. The molecule has 1 aromatic carbocycles. The smallest absolute Gasteiger partial charge is 0.332 e. The summed E-state index contributed by atoms with van der Waals surface area (Å²) in [6, 6.07) is 14.7. The van der Waals surface area contributed by atoms with Crippen molar-refractivity contribution in [1.29, 1.82) is 0 Å². The van der Waals surface area contributed by atoms with Crippen molar-refractivity contribution < 1.29 is 9.53 Å². The highest BCUT2D eigenvalue weighted by Gasteiger charge is 2.33. The first-order chi connectivity index (χ1) is 9.10. The standard InChI is InChI=1S/C15H16N2O2/c1-15(16,13-9-5-6-10-17-13)14(18)19-11-12-7-3-2-4-8-12/h2-10H,11,16H2,1H3/t15-/m1/s1. The van der Waals surface area contributed by atoms with Crippen LogP contribution >= 0.6 is 0 Å². The summed E-state index contributed by atoms with van der Waals surface area (Å²) in [6.45, 7) is 1.81. The van der Waals surface area contributed by atoms with Gasteiger partial charge in [-0.25, -0.2) is 4.79 Å². The third-order valence-electron chi connectivity index (χ3n) is 2.83. The van der Waals surface area contributed by atoms with E-state index in [1.165, 1.54) is 0 Å². The summed E-state index contributed by atoms with van der Waals surface area (Å²) >= 11 is 0. The summed E-state index contributed by atoms with van der Waals surface area (Å²) in [5, 5.41) is 0. The Bertz CT molecular complexity index is 539. The molecule has 0 aliphatic heterocycles. The summed E-state index contributed by atoms with van der Waals surface area (Å²) in [4.78, 5) is 16.2. The Kier molecular flexibility index (Phi) is 3.92. The van der Waals surface area contributed by atoms with Gasteiger partial charge in [-0.15, -0.1) is 0 Å². The SMILES string of the molecule is C[C@](N)(C(=O)OCc1ccccc1)c1ccccn1. The number of esters is 1. The Morgan fingerprint density at radius 2 is 1.89 bits per heavy atom. The Labute approximate surface area is 112 Å². The topological polar surface area (TPSA) is 65.2 Å². The average Bonchev–Trinajstić information content (AvgIpc) is 2.46. The lowest BCUT2D eigenvalue weighted by molar-refractivity contribution is -0.151. The predicted molar refractivity (Wildman–Crippen MR) is 72.0 cm³/mol. The molecule has 0 spiro atoms. The van der Waals surface area contributed by atoms with Gasteiger partial charge < -0.3 is 10.5 Å². The summed E-state index contributed by atoms with van der Waals surface area (Å²) < 4.78 is 5.24. The van der Waals surface area contributed by atoms with Crippen molar-refractivity contribution >= 4 is 5.97 Å². The largest absolute Gasteiger partial charge is 0.459 e. The fourth-order valence-corrected chi connectivity index (χ4v) is 1.65. The third kappa shape index (κ3) is 3.17. The molecule has 2 N–H and O–H groups in total. The first-order valence-corrected chi connectivity index (χ1v) is 6.02. The molecule has 0 saturated heterocycles. The second-order valence-electron chi connectivity index (χ2n) is 4.48. The number of ether oxygens (including phenoxy) is 1. The molecule has 1 atom stereocenters. The highest BCUT2D eigenvalue weighted by molar-refractivity contribution is 5.81. The second-order valence-corrected chi connectivity index (χ2v) is 4.48. The normalized spacial score (nSPS) is 13.6. The van der Waals surface area contributed by atoms with E-state index >= 15 is 0 Å². The molecule has 0 bridgehead atoms. The molecular formula is C15H16N2O2. The minimum atomic E-state index is -1.24. The van der Waals surface area contributed by atoms with Crippen molar-refractivity contribution in [2.75, 3.05) is 0 Å². The summed E-state index contributed by atoms with van der Waals surface area (Å²) in [5.41, 5.74) is 6.19. The molecule has 2 rings (SSSR count). The lowest BCUT2D eigenvalue weighted by Gasteiger charge is -2.21. The van der Waals surface area contributed by atoms with E-state index in [4.69, 9.17) is 10.5 Å². The summed E-state index contributed by atoms with van der Waals surface area (Å²) in [5.74, 6) is -0.491. The van der Waals surface area contributed by atoms with Crippen molar-refractivity contribution in [2.24, 2.45) is 5.73 Å². The Balaban J connectivity index is 2.03. The molecule has 0 unspecified atom stereocenters. The minimum absolute atomic E-state index is 0.208. The van der Waals surface area contributed by atoms with E-state index in [9.17, 15) is 4.79 Å². The van der Waals surface area contributed by atoms with Gasteiger partial charge in [0.15, 0.2) is 5.54 Å². The van der Waals surface area contributed by atoms with Crippen LogP contribution < -0.4 is 5.73 Å². The van der Waals surface area contributed by atoms with Crippen LogP contribution in [0.4, 0.5) is 0 Å². The first-order valence-electron chi connectivity index (χ1n) is 6.02. The molecule has 19 heavy (non-hydrogen) atoms. The fraction of sp³-hybridized carbons (Fsp3) is 0.200. The quantitative estimate of drug-likeness (QED) is 0.850. The number of carbonyl (C=O) groups excluding carboxylic acids is 1. The van der Waals surface area contributed by atoms with Crippen LogP contribution in [0.25, 0.3) is 0 Å². The molecule has 98 valence electrons. The number of carbonyl (C=O) groups is 1. The van der Waals surface area contributed by atoms with Crippen LogP contribution in [0.15, 0.2) is 54.7 Å². The van der Waals surface area contributed by atoms with E-state index in [2.05, 4.69) is 4.98 Å². The average molecular weight is 256 g/mol. The van der Waals surface area contributed by atoms with E-state index in [0.717, 1.165) is 5.56 Å². The van der Waals surface area contributed by atoms with E-state index in [0.29, 0.717) is 5.69 Å². The van der Waals surface area contributed by atoms with Crippen LogP contribution in [-0.2, 0) is 21.7 Å². The number of pyridine rings is 1. The molecule has 0 amide bonds. The number of nitrogens with zero attached hydrogens (tertiary/aromatic N) is 1. The minimum Gasteiger partial charge on any atom is -0.459 e. The van der Waals surface area contributed by atoms with Gasteiger partial charge in [0, 0.05) is 6.20 Å². The monoisotopic (exact) mass is 256 g/mol. The molecule has 0 saturated carbocycles. The second kappa shape index (κ2) is 5.63. The van der Waals surface area contributed by atoms with Gasteiger partial charge in [-0.2, -0.15) is 0 Å². The van der Waals surface area contributed by atoms with Gasteiger partial charge in [0.05, 0.1) is 5.69 Å². The van der Waals surface area contributed by atoms with Crippen molar-refractivity contribution in [3.63, 3.8) is 0 Å². The molecule has 4 nitrogen and oxygen atoms in total. The predicted octanol–water partition coefficient (Wildman–Crippen LogP) is 2.00. The summed E-state index contributed by atoms with van der Waals surface area (Å²) in [6.07, 6.45) is 1.60. The van der Waals surface area contributed by atoms with Crippen molar-refractivity contribution in [2.45, 2.75) is 19.1 Å². The molecule has 1 aromatic heterocycles. The number of rotatable bonds is 4. The van der Waals surface area contributed by atoms with Gasteiger partial charge in [0.1, 0.15) is 6.61 Å².